The van der Waals surface area contributed by atoms with E-state index in [0.717, 1.165) is 11.1 Å². The fraction of sp³-hybridized carbons (Fsp3) is 0.308. The van der Waals surface area contributed by atoms with Gasteiger partial charge in [0.05, 0.1) is 19.3 Å². The van der Waals surface area contributed by atoms with Crippen molar-refractivity contribution >= 4 is 12.0 Å². The second-order valence-electron chi connectivity index (χ2n) is 3.81. The number of benzene rings is 1. The van der Waals surface area contributed by atoms with E-state index in [0.29, 0.717) is 0 Å². The maximum absolute atomic E-state index is 11.4. The predicted octanol–water partition coefficient (Wildman–Crippen LogP) is 0.478. The van der Waals surface area contributed by atoms with Crippen LogP contribution in [0.5, 0.6) is 0 Å². The summed E-state index contributed by atoms with van der Waals surface area (Å²) in [6.45, 7) is 1.44. The molecule has 0 aliphatic carbocycles. The highest BCUT2D eigenvalue weighted by molar-refractivity contribution is 5.91. The van der Waals surface area contributed by atoms with Gasteiger partial charge in [-0.1, -0.05) is 29.8 Å². The Morgan fingerprint density at radius 3 is 2.41 bits per heavy atom. The smallest absolute Gasteiger partial charge is 0.244 e. The standard InChI is InChI=1S/C13H17NO3/c1-10-2-4-11(5-3-10)6-7-13(17)14-12(8-15)9-16/h2-7,12,15-16H,8-9H2,1H3,(H,14,17). The van der Waals surface area contributed by atoms with Gasteiger partial charge in [0, 0.05) is 6.08 Å². The Bertz CT molecular complexity index is 380. The largest absolute Gasteiger partial charge is 0.394 e. The first-order valence-corrected chi connectivity index (χ1v) is 5.42. The third kappa shape index (κ3) is 4.80. The number of amides is 1. The molecule has 0 saturated heterocycles. The van der Waals surface area contributed by atoms with Gasteiger partial charge in [-0.05, 0) is 18.6 Å². The number of aryl methyl sites for hydroxylation is 1. The zero-order valence-corrected chi connectivity index (χ0v) is 9.76. The van der Waals surface area contributed by atoms with Gasteiger partial charge in [-0.25, -0.2) is 0 Å². The van der Waals surface area contributed by atoms with Gasteiger partial charge in [-0.15, -0.1) is 0 Å². The highest BCUT2D eigenvalue weighted by Crippen LogP contribution is 2.04. The van der Waals surface area contributed by atoms with Gasteiger partial charge < -0.3 is 15.5 Å². The minimum Gasteiger partial charge on any atom is -0.394 e. The van der Waals surface area contributed by atoms with Crippen LogP contribution in [0, 0.1) is 6.92 Å². The number of rotatable bonds is 5. The fourth-order valence-corrected chi connectivity index (χ4v) is 1.25. The maximum Gasteiger partial charge on any atom is 0.244 e. The normalized spacial score (nSPS) is 11.1. The molecule has 0 unspecified atom stereocenters. The van der Waals surface area contributed by atoms with Gasteiger partial charge in [0.2, 0.25) is 5.91 Å². The summed E-state index contributed by atoms with van der Waals surface area (Å²) in [6, 6.07) is 7.14. The second-order valence-corrected chi connectivity index (χ2v) is 3.81. The molecule has 1 amide bonds. The molecule has 0 radical (unpaired) electrons. The molecule has 0 saturated carbocycles. The maximum atomic E-state index is 11.4. The molecule has 4 nitrogen and oxygen atoms in total. The van der Waals surface area contributed by atoms with E-state index in [1.807, 2.05) is 31.2 Å². The first-order chi connectivity index (χ1) is 8.15. The summed E-state index contributed by atoms with van der Waals surface area (Å²) in [4.78, 5) is 11.4. The minimum absolute atomic E-state index is 0.277. The third-order valence-corrected chi connectivity index (χ3v) is 2.29. The Hall–Kier alpha value is -1.65. The molecule has 0 aliphatic heterocycles. The summed E-state index contributed by atoms with van der Waals surface area (Å²) in [5, 5.41) is 20.1. The van der Waals surface area contributed by atoms with Crippen LogP contribution in [0.3, 0.4) is 0 Å². The first-order valence-electron chi connectivity index (χ1n) is 5.42. The molecular formula is C13H17NO3. The summed E-state index contributed by atoms with van der Waals surface area (Å²) < 4.78 is 0. The van der Waals surface area contributed by atoms with Crippen LogP contribution in [-0.4, -0.2) is 35.4 Å². The zero-order valence-electron chi connectivity index (χ0n) is 9.76. The zero-order chi connectivity index (χ0) is 12.7. The van der Waals surface area contributed by atoms with Crippen LogP contribution >= 0.6 is 0 Å². The molecule has 1 rings (SSSR count). The SMILES string of the molecule is Cc1ccc(C=CC(=O)NC(CO)CO)cc1. The molecule has 1 aromatic carbocycles. The van der Waals surface area contributed by atoms with Crippen molar-refractivity contribution in [3.63, 3.8) is 0 Å². The van der Waals surface area contributed by atoms with Crippen LogP contribution in [-0.2, 0) is 4.79 Å². The molecule has 0 spiro atoms. The van der Waals surface area contributed by atoms with Crippen LogP contribution in [0.4, 0.5) is 0 Å². The summed E-state index contributed by atoms with van der Waals surface area (Å²) >= 11 is 0. The van der Waals surface area contributed by atoms with Gasteiger partial charge in [-0.3, -0.25) is 4.79 Å². The van der Waals surface area contributed by atoms with Gasteiger partial charge in [0.25, 0.3) is 0 Å². The Balaban J connectivity index is 2.53. The molecule has 0 aromatic heterocycles. The van der Waals surface area contributed by atoms with E-state index in [2.05, 4.69) is 5.32 Å². The quantitative estimate of drug-likeness (QED) is 0.650. The lowest BCUT2D eigenvalue weighted by Crippen LogP contribution is -2.39. The minimum atomic E-state index is -0.606. The van der Waals surface area contributed by atoms with Crippen LogP contribution in [0.1, 0.15) is 11.1 Å². The second kappa shape index (κ2) is 6.83. The molecule has 17 heavy (non-hydrogen) atoms. The highest BCUT2D eigenvalue weighted by atomic mass is 16.3. The third-order valence-electron chi connectivity index (χ3n) is 2.29. The van der Waals surface area contributed by atoms with E-state index in [1.54, 1.807) is 6.08 Å². The van der Waals surface area contributed by atoms with E-state index in [-0.39, 0.29) is 19.1 Å². The molecule has 0 heterocycles. The van der Waals surface area contributed by atoms with Crippen LogP contribution in [0.2, 0.25) is 0 Å². The van der Waals surface area contributed by atoms with Crippen molar-refractivity contribution in [3.05, 3.63) is 41.5 Å². The summed E-state index contributed by atoms with van der Waals surface area (Å²) in [5.74, 6) is -0.335. The number of aliphatic hydroxyl groups excluding tert-OH is 2. The Kier molecular flexibility index (Phi) is 5.39. The van der Waals surface area contributed by atoms with Crippen molar-refractivity contribution in [1.29, 1.82) is 0 Å². The van der Waals surface area contributed by atoms with Gasteiger partial charge >= 0.3 is 0 Å². The van der Waals surface area contributed by atoms with Crippen molar-refractivity contribution < 1.29 is 15.0 Å². The van der Waals surface area contributed by atoms with Crippen molar-refractivity contribution in [2.75, 3.05) is 13.2 Å². The van der Waals surface area contributed by atoms with Crippen LogP contribution < -0.4 is 5.32 Å². The molecule has 0 atom stereocenters. The topological polar surface area (TPSA) is 69.6 Å². The Morgan fingerprint density at radius 2 is 1.88 bits per heavy atom. The lowest BCUT2D eigenvalue weighted by molar-refractivity contribution is -0.117. The number of carbonyl (C=O) groups excluding carboxylic acids is 1. The number of hydrogen-bond acceptors (Lipinski definition) is 3. The van der Waals surface area contributed by atoms with E-state index < -0.39 is 6.04 Å². The molecular weight excluding hydrogens is 218 g/mol. The van der Waals surface area contributed by atoms with Gasteiger partial charge in [0.15, 0.2) is 0 Å². The molecule has 92 valence electrons. The summed E-state index contributed by atoms with van der Waals surface area (Å²) in [7, 11) is 0. The number of aliphatic hydroxyl groups is 2. The number of nitrogens with one attached hydrogen (secondary N) is 1. The van der Waals surface area contributed by atoms with Crippen molar-refractivity contribution in [2.45, 2.75) is 13.0 Å². The summed E-state index contributed by atoms with van der Waals surface area (Å²) in [5.41, 5.74) is 2.09. The van der Waals surface area contributed by atoms with Crippen molar-refractivity contribution in [2.24, 2.45) is 0 Å². The Labute approximate surface area is 101 Å². The van der Waals surface area contributed by atoms with Crippen LogP contribution in [0.25, 0.3) is 6.08 Å². The van der Waals surface area contributed by atoms with Gasteiger partial charge in [0.1, 0.15) is 0 Å². The van der Waals surface area contributed by atoms with E-state index >= 15 is 0 Å². The molecule has 4 heteroatoms. The molecule has 0 aliphatic rings. The van der Waals surface area contributed by atoms with Crippen molar-refractivity contribution in [1.82, 2.24) is 5.32 Å². The lowest BCUT2D eigenvalue weighted by Gasteiger charge is -2.10. The first kappa shape index (κ1) is 13.4. The molecule has 0 bridgehead atoms. The molecule has 0 fully saturated rings. The monoisotopic (exact) mass is 235 g/mol. The average molecular weight is 235 g/mol. The van der Waals surface area contributed by atoms with Gasteiger partial charge in [-0.2, -0.15) is 0 Å². The summed E-state index contributed by atoms with van der Waals surface area (Å²) in [6.07, 6.45) is 3.06. The van der Waals surface area contributed by atoms with Crippen LogP contribution in [0.15, 0.2) is 30.3 Å². The Morgan fingerprint density at radius 1 is 1.29 bits per heavy atom. The number of hydrogen-bond donors (Lipinski definition) is 3. The average Bonchev–Trinajstić information content (AvgIpc) is 2.35. The fourth-order valence-electron chi connectivity index (χ4n) is 1.25. The highest BCUT2D eigenvalue weighted by Gasteiger charge is 2.06. The van der Waals surface area contributed by atoms with E-state index in [9.17, 15) is 4.79 Å². The van der Waals surface area contributed by atoms with E-state index in [4.69, 9.17) is 10.2 Å². The van der Waals surface area contributed by atoms with Crippen molar-refractivity contribution in [3.8, 4) is 0 Å². The lowest BCUT2D eigenvalue weighted by atomic mass is 10.1. The molecule has 3 N–H and O–H groups in total. The van der Waals surface area contributed by atoms with E-state index in [1.165, 1.54) is 6.08 Å². The molecule has 1 aromatic rings. The predicted molar refractivity (Wildman–Crippen MR) is 66.3 cm³/mol. The number of carbonyl (C=O) groups is 1.